The van der Waals surface area contributed by atoms with Crippen LogP contribution in [0.15, 0.2) is 11.6 Å². The zero-order chi connectivity index (χ0) is 34.6. The number of rotatable bonds is 11. The van der Waals surface area contributed by atoms with Gasteiger partial charge in [-0.25, -0.2) is 4.79 Å². The Morgan fingerprint density at radius 3 is 2.21 bits per heavy atom. The lowest BCUT2D eigenvalue weighted by Crippen LogP contribution is -2.51. The van der Waals surface area contributed by atoms with Gasteiger partial charge in [-0.3, -0.25) is 23.6 Å². The first-order valence-corrected chi connectivity index (χ1v) is 18.1. The minimum absolute atomic E-state index is 0.140. The van der Waals surface area contributed by atoms with Gasteiger partial charge >= 0.3 is 28.3 Å². The molecule has 6 aliphatic rings. The van der Waals surface area contributed by atoms with Gasteiger partial charge in [0.25, 0.3) is 0 Å². The molecule has 5 fully saturated rings. The van der Waals surface area contributed by atoms with E-state index in [4.69, 9.17) is 41.2 Å². The molecule has 1 saturated heterocycles. The van der Waals surface area contributed by atoms with Crippen molar-refractivity contribution in [2.45, 2.75) is 78.2 Å². The van der Waals surface area contributed by atoms with Gasteiger partial charge in [0.05, 0.1) is 25.7 Å². The Hall–Kier alpha value is -3.04. The molecule has 0 amide bonds. The van der Waals surface area contributed by atoms with Gasteiger partial charge in [-0.2, -0.15) is 8.42 Å². The Bertz CT molecular complexity index is 1490. The third-order valence-corrected chi connectivity index (χ3v) is 10.4. The van der Waals surface area contributed by atoms with Gasteiger partial charge < -0.3 is 23.7 Å². The van der Waals surface area contributed by atoms with Crippen LogP contribution in [0.5, 0.6) is 11.5 Å². The molecule has 48 heavy (non-hydrogen) atoms. The third-order valence-electron chi connectivity index (χ3n) is 10.4. The Labute approximate surface area is 281 Å². The fraction of sp³-hybridized carbons (Fsp3) is 0.676. The summed E-state index contributed by atoms with van der Waals surface area (Å²) in [7, 11) is -3.07. The maximum Gasteiger partial charge on any atom is 0.394 e. The highest BCUT2D eigenvalue weighted by molar-refractivity contribution is 7.79. The van der Waals surface area contributed by atoms with Crippen molar-refractivity contribution in [2.75, 3.05) is 46.6 Å². The van der Waals surface area contributed by atoms with Gasteiger partial charge in [-0.1, -0.05) is 11.6 Å². The van der Waals surface area contributed by atoms with Crippen molar-refractivity contribution in [3.8, 4) is 11.5 Å². The van der Waals surface area contributed by atoms with Crippen LogP contribution in [0.1, 0.15) is 85.3 Å². The summed E-state index contributed by atoms with van der Waals surface area (Å²) in [5, 5.41) is 0. The van der Waals surface area contributed by atoms with Crippen LogP contribution in [0.4, 0.5) is 0 Å². The molecule has 0 aromatic heterocycles. The van der Waals surface area contributed by atoms with E-state index in [0.717, 1.165) is 62.3 Å². The molecule has 13 nitrogen and oxygen atoms in total. The van der Waals surface area contributed by atoms with E-state index in [2.05, 4.69) is 4.90 Å². The summed E-state index contributed by atoms with van der Waals surface area (Å²) in [5.74, 6) is 1.79. The highest BCUT2D eigenvalue weighted by Gasteiger charge is 2.56. The average molecular weight is 694 g/mol. The van der Waals surface area contributed by atoms with E-state index in [9.17, 15) is 14.4 Å². The van der Waals surface area contributed by atoms with E-state index < -0.39 is 21.8 Å². The number of esters is 3. The van der Waals surface area contributed by atoms with Crippen molar-refractivity contribution < 1.29 is 55.6 Å². The molecular weight excluding hydrogens is 646 g/mol. The van der Waals surface area contributed by atoms with Crippen LogP contribution < -0.4 is 9.47 Å². The number of morpholine rings is 1. The Morgan fingerprint density at radius 2 is 1.62 bits per heavy atom. The summed E-state index contributed by atoms with van der Waals surface area (Å²) in [6.45, 7) is 8.29. The standard InChI is InChI=1S/C34H45NO8.H2O4S/c1-21(5-7-28(36)41-13-10-35-8-11-40-12-9-35)4-6-26-30(39-3)22(2)27-20-42-32(37)29(27)31(26)43-33(38)34-17-23-14-24(18-34)16-25(15-23)19-34;1-5(2,3)4/h4,23-25H,5-20H2,1-3H3;(H2,1,2,3,4). The molecule has 2 heterocycles. The molecule has 0 radical (unpaired) electrons. The van der Waals surface area contributed by atoms with Gasteiger partial charge in [0.2, 0.25) is 0 Å². The molecule has 4 bridgehead atoms. The van der Waals surface area contributed by atoms with Gasteiger partial charge in [0.15, 0.2) is 5.75 Å². The van der Waals surface area contributed by atoms with Crippen LogP contribution in [0.2, 0.25) is 0 Å². The maximum absolute atomic E-state index is 14.0. The molecule has 4 aliphatic carbocycles. The van der Waals surface area contributed by atoms with E-state index >= 15 is 0 Å². The van der Waals surface area contributed by atoms with Crippen molar-refractivity contribution >= 4 is 28.3 Å². The van der Waals surface area contributed by atoms with Crippen LogP contribution >= 0.6 is 0 Å². The summed E-state index contributed by atoms with van der Waals surface area (Å²) in [5.41, 5.74) is 3.10. The van der Waals surface area contributed by atoms with E-state index in [-0.39, 0.29) is 30.7 Å². The number of carbonyl (C=O) groups is 3. The van der Waals surface area contributed by atoms with Gasteiger partial charge in [-0.15, -0.1) is 0 Å². The minimum atomic E-state index is -4.67. The zero-order valence-corrected chi connectivity index (χ0v) is 28.8. The van der Waals surface area contributed by atoms with Gasteiger partial charge in [0.1, 0.15) is 24.5 Å². The average Bonchev–Trinajstić information content (AvgIpc) is 3.41. The lowest BCUT2D eigenvalue weighted by molar-refractivity contribution is -0.161. The molecule has 1 aromatic carbocycles. The predicted molar refractivity (Wildman–Crippen MR) is 172 cm³/mol. The predicted octanol–water partition coefficient (Wildman–Crippen LogP) is 4.29. The molecule has 2 aliphatic heterocycles. The summed E-state index contributed by atoms with van der Waals surface area (Å²) >= 11 is 0. The largest absolute Gasteiger partial charge is 0.496 e. The van der Waals surface area contributed by atoms with Gasteiger partial charge in [0, 0.05) is 37.2 Å². The number of benzene rings is 1. The number of methoxy groups -OCH3 is 1. The van der Waals surface area contributed by atoms with E-state index in [0.29, 0.717) is 60.6 Å². The molecule has 1 aromatic rings. The molecule has 4 saturated carbocycles. The highest BCUT2D eigenvalue weighted by atomic mass is 32.3. The molecule has 0 spiro atoms. The number of carbonyl (C=O) groups excluding carboxylic acids is 3. The summed E-state index contributed by atoms with van der Waals surface area (Å²) in [6.07, 6.45) is 9.56. The number of nitrogens with zero attached hydrogens (tertiary/aromatic N) is 1. The van der Waals surface area contributed by atoms with Crippen LogP contribution in [-0.4, -0.2) is 86.9 Å². The molecule has 2 N–H and O–H groups in total. The van der Waals surface area contributed by atoms with Crippen molar-refractivity contribution in [3.05, 3.63) is 33.9 Å². The van der Waals surface area contributed by atoms with Crippen molar-refractivity contribution in [3.63, 3.8) is 0 Å². The molecule has 0 unspecified atom stereocenters. The second-order valence-electron chi connectivity index (χ2n) is 13.9. The first kappa shape index (κ1) is 36.2. The number of fused-ring (bicyclic) bond motifs is 1. The summed E-state index contributed by atoms with van der Waals surface area (Å²) in [4.78, 5) is 41.6. The highest BCUT2D eigenvalue weighted by Crippen LogP contribution is 2.60. The topological polar surface area (TPSA) is 175 Å². The molecular formula is C34H47NO12S. The lowest BCUT2D eigenvalue weighted by atomic mass is 9.49. The van der Waals surface area contributed by atoms with Crippen LogP contribution in [-0.2, 0) is 47.2 Å². The van der Waals surface area contributed by atoms with E-state index in [1.807, 2.05) is 19.9 Å². The van der Waals surface area contributed by atoms with Crippen molar-refractivity contribution in [2.24, 2.45) is 23.2 Å². The molecule has 266 valence electrons. The van der Waals surface area contributed by atoms with Crippen LogP contribution in [0, 0.1) is 30.1 Å². The van der Waals surface area contributed by atoms with E-state index in [1.54, 1.807) is 7.11 Å². The molecule has 0 atom stereocenters. The smallest absolute Gasteiger partial charge is 0.394 e. The minimum Gasteiger partial charge on any atom is -0.496 e. The molecule has 7 rings (SSSR count). The van der Waals surface area contributed by atoms with Gasteiger partial charge in [-0.05, 0) is 88.5 Å². The monoisotopic (exact) mass is 693 g/mol. The Kier molecular flexibility index (Phi) is 11.5. The molecule has 14 heteroatoms. The fourth-order valence-corrected chi connectivity index (χ4v) is 8.55. The number of hydrogen-bond acceptors (Lipinski definition) is 11. The number of allylic oxidation sites excluding steroid dienone is 2. The fourth-order valence-electron chi connectivity index (χ4n) is 8.55. The Balaban J connectivity index is 0.000000840. The third kappa shape index (κ3) is 8.75. The van der Waals surface area contributed by atoms with Crippen LogP contribution in [0.25, 0.3) is 0 Å². The normalized spacial score (nSPS) is 26.3. The SMILES string of the molecule is COc1c(C)c2c(c(OC(=O)C34CC5CC(CC(C5)C3)C4)c1CC=C(C)CCC(=O)OCCN1CCOCC1)C(=O)OC2.O=S(=O)(O)O. The lowest BCUT2D eigenvalue weighted by Gasteiger charge is -2.55. The number of ether oxygens (including phenoxy) is 5. The summed E-state index contributed by atoms with van der Waals surface area (Å²) in [6, 6.07) is 0. The van der Waals surface area contributed by atoms with Crippen molar-refractivity contribution in [1.29, 1.82) is 0 Å². The van der Waals surface area contributed by atoms with Crippen molar-refractivity contribution in [1.82, 2.24) is 4.90 Å². The van der Waals surface area contributed by atoms with E-state index in [1.165, 1.54) is 19.3 Å². The van der Waals surface area contributed by atoms with Crippen LogP contribution in [0.3, 0.4) is 0 Å². The number of hydrogen-bond donors (Lipinski definition) is 2. The second kappa shape index (κ2) is 15.2. The second-order valence-corrected chi connectivity index (χ2v) is 14.8. The first-order chi connectivity index (χ1) is 22.8. The zero-order valence-electron chi connectivity index (χ0n) is 28.0. The maximum atomic E-state index is 14.0. The summed E-state index contributed by atoms with van der Waals surface area (Å²) < 4.78 is 60.0. The quantitative estimate of drug-likeness (QED) is 0.146. The Morgan fingerprint density at radius 1 is 1.02 bits per heavy atom. The first-order valence-electron chi connectivity index (χ1n) is 16.7. The number of cyclic esters (lactones) is 1.